The molecule has 1 aromatic heterocycles. The second-order valence-electron chi connectivity index (χ2n) is 5.07. The van der Waals surface area contributed by atoms with Crippen LogP contribution in [0.15, 0.2) is 12.3 Å². The van der Waals surface area contributed by atoms with Crippen LogP contribution >= 0.6 is 0 Å². The number of rotatable bonds is 5. The fourth-order valence-corrected chi connectivity index (χ4v) is 2.53. The molecule has 0 bridgehead atoms. The topological polar surface area (TPSA) is 64.8 Å². The van der Waals surface area contributed by atoms with E-state index in [2.05, 4.69) is 33.4 Å². The highest BCUT2D eigenvalue weighted by Crippen LogP contribution is 2.16. The van der Waals surface area contributed by atoms with Gasteiger partial charge in [-0.1, -0.05) is 6.42 Å². The second-order valence-corrected chi connectivity index (χ2v) is 5.07. The normalized spacial score (nSPS) is 19.9. The van der Waals surface area contributed by atoms with Gasteiger partial charge in [-0.25, -0.2) is 0 Å². The van der Waals surface area contributed by atoms with Gasteiger partial charge in [-0.15, -0.1) is 5.10 Å². The first kappa shape index (κ1) is 13.8. The van der Waals surface area contributed by atoms with Crippen LogP contribution in [0.25, 0.3) is 0 Å². The van der Waals surface area contributed by atoms with Crippen LogP contribution in [0.5, 0.6) is 0 Å². The summed E-state index contributed by atoms with van der Waals surface area (Å²) in [7, 11) is 0. The summed E-state index contributed by atoms with van der Waals surface area (Å²) in [4.78, 5) is 2.55. The van der Waals surface area contributed by atoms with Crippen molar-refractivity contribution in [3.63, 3.8) is 0 Å². The van der Waals surface area contributed by atoms with Gasteiger partial charge in [-0.05, 0) is 38.8 Å². The van der Waals surface area contributed by atoms with E-state index in [1.54, 1.807) is 12.3 Å². The summed E-state index contributed by atoms with van der Waals surface area (Å²) in [6.45, 7) is 5.46. The first-order valence-electron chi connectivity index (χ1n) is 7.01. The van der Waals surface area contributed by atoms with Crippen molar-refractivity contribution < 1.29 is 0 Å². The molecular formula is C14H21N5. The number of nitriles is 1. The van der Waals surface area contributed by atoms with E-state index in [0.717, 1.165) is 19.5 Å². The quantitative estimate of drug-likeness (QED) is 0.820. The lowest BCUT2D eigenvalue weighted by Gasteiger charge is -2.33. The summed E-state index contributed by atoms with van der Waals surface area (Å²) >= 11 is 0. The maximum absolute atomic E-state index is 8.95. The summed E-state index contributed by atoms with van der Waals surface area (Å²) in [6, 6.07) is 4.51. The zero-order chi connectivity index (χ0) is 13.5. The van der Waals surface area contributed by atoms with E-state index in [1.807, 2.05) is 0 Å². The van der Waals surface area contributed by atoms with Gasteiger partial charge < -0.3 is 10.2 Å². The molecule has 2 rings (SSSR count). The summed E-state index contributed by atoms with van der Waals surface area (Å²) in [5.74, 6) is 0.594. The van der Waals surface area contributed by atoms with Gasteiger partial charge >= 0.3 is 0 Å². The Morgan fingerprint density at radius 1 is 1.53 bits per heavy atom. The number of hydrogen-bond donors (Lipinski definition) is 1. The highest BCUT2D eigenvalue weighted by atomic mass is 15.2. The minimum atomic E-state index is 0.557. The van der Waals surface area contributed by atoms with E-state index in [1.165, 1.54) is 25.8 Å². The second kappa shape index (κ2) is 7.05. The molecule has 0 radical (unpaired) electrons. The van der Waals surface area contributed by atoms with E-state index in [9.17, 15) is 0 Å². The molecule has 5 nitrogen and oxygen atoms in total. The number of hydrogen-bond acceptors (Lipinski definition) is 5. The number of nitrogens with zero attached hydrogens (tertiary/aromatic N) is 4. The maximum Gasteiger partial charge on any atom is 0.166 e. The van der Waals surface area contributed by atoms with Crippen LogP contribution in [0.3, 0.4) is 0 Å². The highest BCUT2D eigenvalue weighted by Gasteiger charge is 2.17. The Labute approximate surface area is 114 Å². The molecule has 0 aromatic carbocycles. The molecule has 1 fully saturated rings. The number of piperidine rings is 1. The third kappa shape index (κ3) is 3.90. The van der Waals surface area contributed by atoms with Crippen molar-refractivity contribution in [1.29, 1.82) is 5.26 Å². The standard InChI is InChI=1S/C14H21N5/c1-12-5-2-3-9-19(12)10-4-7-16-14-13(11-15)6-8-17-18-14/h6,8,12H,2-5,7,9-10H2,1H3,(H,16,18). The van der Waals surface area contributed by atoms with Crippen molar-refractivity contribution in [2.24, 2.45) is 0 Å². The van der Waals surface area contributed by atoms with Crippen molar-refractivity contribution >= 4 is 5.82 Å². The van der Waals surface area contributed by atoms with E-state index in [0.29, 0.717) is 17.4 Å². The van der Waals surface area contributed by atoms with Crippen molar-refractivity contribution in [2.75, 3.05) is 25.0 Å². The molecule has 5 heteroatoms. The molecule has 1 N–H and O–H groups in total. The molecule has 1 aliphatic rings. The summed E-state index contributed by atoms with van der Waals surface area (Å²) in [6.07, 6.45) is 6.60. The van der Waals surface area contributed by atoms with Crippen LogP contribution in [-0.2, 0) is 0 Å². The predicted molar refractivity (Wildman–Crippen MR) is 74.7 cm³/mol. The lowest BCUT2D eigenvalue weighted by atomic mass is 10.0. The van der Waals surface area contributed by atoms with Gasteiger partial charge in [-0.3, -0.25) is 0 Å². The molecule has 0 amide bonds. The largest absolute Gasteiger partial charge is 0.367 e. The van der Waals surface area contributed by atoms with E-state index in [4.69, 9.17) is 5.26 Å². The molecule has 0 spiro atoms. The van der Waals surface area contributed by atoms with Gasteiger partial charge in [0.25, 0.3) is 0 Å². The van der Waals surface area contributed by atoms with Gasteiger partial charge in [0.2, 0.25) is 0 Å². The SMILES string of the molecule is CC1CCCCN1CCCNc1nnccc1C#N. The monoisotopic (exact) mass is 259 g/mol. The van der Waals surface area contributed by atoms with Crippen LogP contribution < -0.4 is 5.32 Å². The molecular weight excluding hydrogens is 238 g/mol. The van der Waals surface area contributed by atoms with E-state index < -0.39 is 0 Å². The van der Waals surface area contributed by atoms with Crippen LogP contribution in [0.1, 0.15) is 38.2 Å². The van der Waals surface area contributed by atoms with Crippen molar-refractivity contribution in [1.82, 2.24) is 15.1 Å². The Bertz CT molecular complexity index is 440. The molecule has 19 heavy (non-hydrogen) atoms. The van der Waals surface area contributed by atoms with Crippen molar-refractivity contribution in [2.45, 2.75) is 38.6 Å². The average Bonchev–Trinajstić information content (AvgIpc) is 2.45. The number of nitrogens with one attached hydrogen (secondary N) is 1. The Hall–Kier alpha value is -1.67. The Kier molecular flexibility index (Phi) is 5.10. The number of likely N-dealkylation sites (tertiary alicyclic amines) is 1. The lowest BCUT2D eigenvalue weighted by molar-refractivity contribution is 0.160. The molecule has 2 heterocycles. The van der Waals surface area contributed by atoms with Crippen LogP contribution in [-0.4, -0.2) is 40.8 Å². The zero-order valence-electron chi connectivity index (χ0n) is 11.5. The molecule has 1 unspecified atom stereocenters. The molecule has 0 aliphatic carbocycles. The number of aromatic nitrogens is 2. The van der Waals surface area contributed by atoms with Crippen LogP contribution in [0, 0.1) is 11.3 Å². The zero-order valence-corrected chi connectivity index (χ0v) is 11.5. The molecule has 1 aliphatic heterocycles. The molecule has 1 atom stereocenters. The van der Waals surface area contributed by atoms with Gasteiger partial charge in [0, 0.05) is 19.1 Å². The van der Waals surface area contributed by atoms with Gasteiger partial charge in [-0.2, -0.15) is 10.4 Å². The average molecular weight is 259 g/mol. The van der Waals surface area contributed by atoms with Crippen molar-refractivity contribution in [3.8, 4) is 6.07 Å². The molecule has 102 valence electrons. The third-order valence-electron chi connectivity index (χ3n) is 3.70. The Morgan fingerprint density at radius 2 is 2.42 bits per heavy atom. The summed E-state index contributed by atoms with van der Waals surface area (Å²) in [5.41, 5.74) is 0.557. The first-order valence-corrected chi connectivity index (χ1v) is 7.01. The van der Waals surface area contributed by atoms with Crippen LogP contribution in [0.2, 0.25) is 0 Å². The Balaban J connectivity index is 1.73. The minimum absolute atomic E-state index is 0.557. The third-order valence-corrected chi connectivity index (χ3v) is 3.70. The van der Waals surface area contributed by atoms with Crippen molar-refractivity contribution in [3.05, 3.63) is 17.8 Å². The highest BCUT2D eigenvalue weighted by molar-refractivity contribution is 5.49. The lowest BCUT2D eigenvalue weighted by Crippen LogP contribution is -2.38. The van der Waals surface area contributed by atoms with Gasteiger partial charge in [0.15, 0.2) is 5.82 Å². The van der Waals surface area contributed by atoms with E-state index in [-0.39, 0.29) is 0 Å². The predicted octanol–water partition coefficient (Wildman–Crippen LogP) is 2.02. The summed E-state index contributed by atoms with van der Waals surface area (Å²) in [5, 5.41) is 19.9. The molecule has 1 aromatic rings. The smallest absolute Gasteiger partial charge is 0.166 e. The summed E-state index contributed by atoms with van der Waals surface area (Å²) < 4.78 is 0. The minimum Gasteiger partial charge on any atom is -0.367 e. The first-order chi connectivity index (χ1) is 9.31. The maximum atomic E-state index is 8.95. The van der Waals surface area contributed by atoms with Gasteiger partial charge in [0.1, 0.15) is 6.07 Å². The fourth-order valence-electron chi connectivity index (χ4n) is 2.53. The fraction of sp³-hybridized carbons (Fsp3) is 0.643. The Morgan fingerprint density at radius 3 is 3.21 bits per heavy atom. The van der Waals surface area contributed by atoms with Crippen LogP contribution in [0.4, 0.5) is 5.82 Å². The number of anilines is 1. The molecule has 1 saturated heterocycles. The van der Waals surface area contributed by atoms with E-state index >= 15 is 0 Å². The van der Waals surface area contributed by atoms with Gasteiger partial charge in [0.05, 0.1) is 11.8 Å². The molecule has 0 saturated carbocycles.